The van der Waals surface area contributed by atoms with Crippen molar-refractivity contribution in [2.45, 2.75) is 10.1 Å². The van der Waals surface area contributed by atoms with E-state index in [4.69, 9.17) is 0 Å². The molecule has 0 bridgehead atoms. The maximum absolute atomic E-state index is 14.1. The molecule has 1 aliphatic rings. The predicted octanol–water partition coefficient (Wildman–Crippen LogP) is 7.33. The average molecular weight is 587 g/mol. The summed E-state index contributed by atoms with van der Waals surface area (Å²) in [7, 11) is 0. The summed E-state index contributed by atoms with van der Waals surface area (Å²) in [5.41, 5.74) is 2.35. The van der Waals surface area contributed by atoms with Crippen molar-refractivity contribution in [1.29, 1.82) is 0 Å². The second-order valence-corrected chi connectivity index (χ2v) is 11.0. The van der Waals surface area contributed by atoms with Crippen LogP contribution in [0.2, 0.25) is 0 Å². The van der Waals surface area contributed by atoms with Crippen molar-refractivity contribution in [2.24, 2.45) is 0 Å². The molecule has 1 unspecified atom stereocenters. The molecule has 5 aromatic rings. The molecule has 5 aromatic carbocycles. The van der Waals surface area contributed by atoms with Crippen molar-refractivity contribution < 1.29 is 23.6 Å². The Morgan fingerprint density at radius 3 is 2.07 bits per heavy atom. The number of carbonyl (C=O) groups is 4. The smallest absolute Gasteiger partial charge is 0.258 e. The van der Waals surface area contributed by atoms with E-state index in [1.54, 1.807) is 72.8 Å². The van der Waals surface area contributed by atoms with E-state index in [-0.39, 0.29) is 33.9 Å². The summed E-state index contributed by atoms with van der Waals surface area (Å²) >= 11 is 1.25. The second kappa shape index (κ2) is 11.9. The van der Waals surface area contributed by atoms with E-state index < -0.39 is 22.9 Å². The first-order valence-corrected chi connectivity index (χ1v) is 14.3. The molecule has 0 heterocycles. The molecule has 43 heavy (non-hydrogen) atoms. The molecular weight excluding hydrogens is 563 g/mol. The summed E-state index contributed by atoms with van der Waals surface area (Å²) in [5, 5.41) is 4.86. The van der Waals surface area contributed by atoms with Crippen LogP contribution in [-0.2, 0) is 4.79 Å². The maximum Gasteiger partial charge on any atom is 0.258 e. The second-order valence-electron chi connectivity index (χ2n) is 9.79. The van der Waals surface area contributed by atoms with Crippen LogP contribution in [0.1, 0.15) is 53.0 Å². The van der Waals surface area contributed by atoms with Crippen LogP contribution in [0, 0.1) is 5.82 Å². The normalized spacial score (nSPS) is 12.6. The largest absolute Gasteiger partial charge is 0.324 e. The summed E-state index contributed by atoms with van der Waals surface area (Å²) in [5.74, 6) is -2.22. The number of ketones is 2. The van der Waals surface area contributed by atoms with Gasteiger partial charge in [0.2, 0.25) is 5.91 Å². The van der Waals surface area contributed by atoms with Gasteiger partial charge < -0.3 is 10.6 Å². The van der Waals surface area contributed by atoms with Crippen LogP contribution in [-0.4, -0.2) is 23.4 Å². The van der Waals surface area contributed by atoms with Gasteiger partial charge >= 0.3 is 0 Å². The van der Waals surface area contributed by atoms with Gasteiger partial charge in [-0.25, -0.2) is 4.39 Å². The fourth-order valence-electron chi connectivity index (χ4n) is 4.98. The molecule has 210 valence electrons. The Morgan fingerprint density at radius 1 is 0.651 bits per heavy atom. The molecule has 6 nitrogen and oxygen atoms in total. The van der Waals surface area contributed by atoms with Gasteiger partial charge in [0.15, 0.2) is 11.6 Å². The molecule has 6 rings (SSSR count). The zero-order valence-corrected chi connectivity index (χ0v) is 23.4. The Balaban J connectivity index is 1.28. The Labute approximate surface area is 251 Å². The highest BCUT2D eigenvalue weighted by Gasteiger charge is 2.32. The summed E-state index contributed by atoms with van der Waals surface area (Å²) in [6.07, 6.45) is 0. The van der Waals surface area contributed by atoms with Crippen molar-refractivity contribution >= 4 is 46.5 Å². The summed E-state index contributed by atoms with van der Waals surface area (Å²) in [6.45, 7) is 0. The van der Waals surface area contributed by atoms with Crippen LogP contribution in [0.15, 0.2) is 126 Å². The van der Waals surface area contributed by atoms with Crippen molar-refractivity contribution in [2.75, 3.05) is 10.6 Å². The highest BCUT2D eigenvalue weighted by atomic mass is 32.2. The molecule has 0 spiro atoms. The van der Waals surface area contributed by atoms with Gasteiger partial charge in [-0.2, -0.15) is 0 Å². The number of carbonyl (C=O) groups excluding carboxylic acids is 4. The number of hydrogen-bond acceptors (Lipinski definition) is 5. The third-order valence-electron chi connectivity index (χ3n) is 7.02. The maximum atomic E-state index is 14.1. The first kappa shape index (κ1) is 27.8. The van der Waals surface area contributed by atoms with Gasteiger partial charge in [-0.1, -0.05) is 84.9 Å². The third-order valence-corrected chi connectivity index (χ3v) is 8.26. The highest BCUT2D eigenvalue weighted by molar-refractivity contribution is 8.00. The van der Waals surface area contributed by atoms with E-state index in [0.717, 1.165) is 0 Å². The zero-order valence-electron chi connectivity index (χ0n) is 22.5. The van der Waals surface area contributed by atoms with E-state index in [9.17, 15) is 23.6 Å². The Kier molecular flexibility index (Phi) is 7.68. The van der Waals surface area contributed by atoms with Crippen molar-refractivity contribution in [1.82, 2.24) is 0 Å². The number of thioether (sulfide) groups is 1. The summed E-state index contributed by atoms with van der Waals surface area (Å²) in [6, 6.07) is 33.3. The fourth-order valence-corrected chi connectivity index (χ4v) is 6.06. The summed E-state index contributed by atoms with van der Waals surface area (Å²) < 4.78 is 14.1. The van der Waals surface area contributed by atoms with Gasteiger partial charge in [0.25, 0.3) is 5.91 Å². The van der Waals surface area contributed by atoms with Gasteiger partial charge in [0.05, 0.1) is 16.8 Å². The van der Waals surface area contributed by atoms with Gasteiger partial charge in [-0.15, -0.1) is 11.8 Å². The SMILES string of the molecule is O=C(Nc1cccc(SC(C(=O)Nc2cccc3c2C(=O)c2ccccc2C3=O)c2ccccc2)c1)c1ccccc1F. The topological polar surface area (TPSA) is 92.3 Å². The van der Waals surface area contributed by atoms with Crippen LogP contribution in [0.3, 0.4) is 0 Å². The molecule has 0 fully saturated rings. The van der Waals surface area contributed by atoms with Crippen molar-refractivity contribution in [3.63, 3.8) is 0 Å². The average Bonchev–Trinajstić information content (AvgIpc) is 3.03. The molecule has 1 atom stereocenters. The first-order valence-electron chi connectivity index (χ1n) is 13.4. The van der Waals surface area contributed by atoms with E-state index in [2.05, 4.69) is 10.6 Å². The van der Waals surface area contributed by atoms with Crippen LogP contribution in [0.25, 0.3) is 0 Å². The minimum absolute atomic E-state index is 0.0797. The highest BCUT2D eigenvalue weighted by Crippen LogP contribution is 2.38. The van der Waals surface area contributed by atoms with Crippen LogP contribution >= 0.6 is 11.8 Å². The predicted molar refractivity (Wildman–Crippen MR) is 164 cm³/mol. The number of rotatable bonds is 7. The molecule has 0 aromatic heterocycles. The van der Waals surface area contributed by atoms with Crippen molar-refractivity contribution in [3.05, 3.63) is 161 Å². The standard InChI is InChI=1S/C35H23FN2O4S/c36-28-18-7-6-16-26(28)34(41)37-22-12-8-13-23(20-22)43-33(21-10-2-1-3-11-21)35(42)38-29-19-9-17-27-30(29)32(40)25-15-5-4-14-24(25)31(27)39/h1-20,33H,(H,37,41)(H,38,42). The minimum Gasteiger partial charge on any atom is -0.324 e. The molecule has 2 amide bonds. The lowest BCUT2D eigenvalue weighted by Crippen LogP contribution is -2.25. The number of halogens is 1. The number of nitrogens with one attached hydrogen (secondary N) is 2. The Morgan fingerprint density at radius 2 is 1.30 bits per heavy atom. The molecule has 1 aliphatic carbocycles. The number of amides is 2. The molecule has 0 saturated heterocycles. The summed E-state index contributed by atoms with van der Waals surface area (Å²) in [4.78, 5) is 53.9. The van der Waals surface area contributed by atoms with E-state index >= 15 is 0 Å². The number of fused-ring (bicyclic) bond motifs is 2. The Bertz CT molecular complexity index is 1910. The number of benzene rings is 5. The molecular formula is C35H23FN2O4S. The van der Waals surface area contributed by atoms with Gasteiger partial charge in [-0.3, -0.25) is 19.2 Å². The fraction of sp³-hybridized carbons (Fsp3) is 0.0286. The van der Waals surface area contributed by atoms with Crippen LogP contribution in [0.4, 0.5) is 15.8 Å². The van der Waals surface area contributed by atoms with E-state index in [0.29, 0.717) is 27.3 Å². The molecule has 0 aliphatic heterocycles. The monoisotopic (exact) mass is 586 g/mol. The van der Waals surface area contributed by atoms with E-state index in [1.807, 2.05) is 30.3 Å². The van der Waals surface area contributed by atoms with Gasteiger partial charge in [0.1, 0.15) is 11.1 Å². The van der Waals surface area contributed by atoms with Gasteiger partial charge in [0, 0.05) is 27.3 Å². The van der Waals surface area contributed by atoms with Gasteiger partial charge in [-0.05, 0) is 42.0 Å². The minimum atomic E-state index is -0.753. The molecule has 0 radical (unpaired) electrons. The molecule has 8 heteroatoms. The van der Waals surface area contributed by atoms with Crippen LogP contribution < -0.4 is 10.6 Å². The van der Waals surface area contributed by atoms with Crippen molar-refractivity contribution in [3.8, 4) is 0 Å². The van der Waals surface area contributed by atoms with Crippen LogP contribution in [0.5, 0.6) is 0 Å². The molecule has 2 N–H and O–H groups in total. The lowest BCUT2D eigenvalue weighted by Gasteiger charge is -2.22. The molecule has 0 saturated carbocycles. The lowest BCUT2D eigenvalue weighted by atomic mass is 9.83. The van der Waals surface area contributed by atoms with E-state index in [1.165, 1.54) is 30.0 Å². The Hall–Kier alpha value is -5.34. The lowest BCUT2D eigenvalue weighted by molar-refractivity contribution is -0.115. The first-order chi connectivity index (χ1) is 20.9. The number of hydrogen-bond donors (Lipinski definition) is 2. The quantitative estimate of drug-likeness (QED) is 0.191. The number of anilines is 2. The zero-order chi connectivity index (χ0) is 29.9. The third kappa shape index (κ3) is 5.60.